The highest BCUT2D eigenvalue weighted by Gasteiger charge is 2.12. The molecule has 13 heavy (non-hydrogen) atoms. The van der Waals surface area contributed by atoms with Crippen LogP contribution in [0.15, 0.2) is 12.7 Å². The molecule has 0 aromatic heterocycles. The third-order valence-electron chi connectivity index (χ3n) is 2.21. The van der Waals surface area contributed by atoms with Crippen LogP contribution in [0.25, 0.3) is 0 Å². The summed E-state index contributed by atoms with van der Waals surface area (Å²) in [5, 5.41) is 2.99. The number of hydrogen-bond acceptors (Lipinski definition) is 2. The number of nitrogens with one attached hydrogen (secondary N) is 1. The second-order valence-corrected chi connectivity index (χ2v) is 3.18. The monoisotopic (exact) mass is 184 g/mol. The van der Waals surface area contributed by atoms with Crippen LogP contribution in [0.3, 0.4) is 0 Å². The van der Waals surface area contributed by atoms with Crippen molar-refractivity contribution in [3.8, 4) is 0 Å². The summed E-state index contributed by atoms with van der Waals surface area (Å²) >= 11 is 0. The lowest BCUT2D eigenvalue weighted by atomic mass is 10.2. The van der Waals surface area contributed by atoms with Crippen molar-refractivity contribution in [3.63, 3.8) is 0 Å². The summed E-state index contributed by atoms with van der Waals surface area (Å²) in [4.78, 5) is 13.2. The average molecular weight is 184 g/mol. The molecule has 0 aliphatic carbocycles. The molecule has 0 aromatic rings. The molecule has 0 aliphatic rings. The zero-order valence-electron chi connectivity index (χ0n) is 8.84. The van der Waals surface area contributed by atoms with Crippen LogP contribution in [-0.4, -0.2) is 37.0 Å². The highest BCUT2D eigenvalue weighted by molar-refractivity contribution is 5.78. The molecule has 0 rings (SSSR count). The summed E-state index contributed by atoms with van der Waals surface area (Å²) in [5.41, 5.74) is 0. The quantitative estimate of drug-likeness (QED) is 0.494. The van der Waals surface area contributed by atoms with Crippen molar-refractivity contribution in [2.75, 3.05) is 20.1 Å². The smallest absolute Gasteiger partial charge is 0.236 e. The summed E-state index contributed by atoms with van der Waals surface area (Å²) < 4.78 is 0. The predicted octanol–water partition coefficient (Wildman–Crippen LogP) is 1.02. The Bertz CT molecular complexity index is 168. The summed E-state index contributed by atoms with van der Waals surface area (Å²) in [7, 11) is 1.84. The Morgan fingerprint density at radius 3 is 2.77 bits per heavy atom. The highest BCUT2D eigenvalue weighted by Crippen LogP contribution is 1.99. The lowest BCUT2D eigenvalue weighted by Gasteiger charge is -2.23. The van der Waals surface area contributed by atoms with Crippen molar-refractivity contribution in [3.05, 3.63) is 12.7 Å². The van der Waals surface area contributed by atoms with Gasteiger partial charge in [0.25, 0.3) is 0 Å². The number of nitrogens with zero attached hydrogens (tertiary/aromatic N) is 1. The molecule has 0 spiro atoms. The molecule has 3 nitrogen and oxygen atoms in total. The van der Waals surface area contributed by atoms with Crippen LogP contribution in [0.4, 0.5) is 0 Å². The normalized spacial score (nSPS) is 12.2. The molecule has 76 valence electrons. The maximum absolute atomic E-state index is 11.4. The first-order valence-electron chi connectivity index (χ1n) is 4.70. The molecule has 0 heterocycles. The molecule has 1 amide bonds. The second kappa shape index (κ2) is 6.66. The van der Waals surface area contributed by atoms with Gasteiger partial charge in [0.2, 0.25) is 5.91 Å². The van der Waals surface area contributed by atoms with Crippen molar-refractivity contribution in [2.45, 2.75) is 26.3 Å². The first-order valence-corrected chi connectivity index (χ1v) is 4.70. The first kappa shape index (κ1) is 12.2. The molecule has 0 fully saturated rings. The Morgan fingerprint density at radius 1 is 1.69 bits per heavy atom. The Kier molecular flexibility index (Phi) is 6.24. The number of amides is 1. The van der Waals surface area contributed by atoms with Gasteiger partial charge in [-0.05, 0) is 13.3 Å². The fourth-order valence-corrected chi connectivity index (χ4v) is 0.926. The highest BCUT2D eigenvalue weighted by atomic mass is 16.2. The van der Waals surface area contributed by atoms with E-state index in [0.717, 1.165) is 6.42 Å². The van der Waals surface area contributed by atoms with Crippen LogP contribution in [0.1, 0.15) is 20.3 Å². The first-order chi connectivity index (χ1) is 6.13. The number of carbonyl (C=O) groups excluding carboxylic acids is 1. The molecule has 1 unspecified atom stereocenters. The van der Waals surface area contributed by atoms with Crippen molar-refractivity contribution < 1.29 is 4.79 Å². The average Bonchev–Trinajstić information content (AvgIpc) is 2.15. The van der Waals surface area contributed by atoms with E-state index in [1.54, 1.807) is 11.0 Å². The zero-order chi connectivity index (χ0) is 10.3. The summed E-state index contributed by atoms with van der Waals surface area (Å²) in [6.45, 7) is 8.76. The summed E-state index contributed by atoms with van der Waals surface area (Å²) in [6.07, 6.45) is 2.74. The van der Waals surface area contributed by atoms with Crippen LogP contribution in [0, 0.1) is 0 Å². The van der Waals surface area contributed by atoms with Gasteiger partial charge in [-0.25, -0.2) is 0 Å². The lowest BCUT2D eigenvalue weighted by molar-refractivity contribution is -0.130. The zero-order valence-corrected chi connectivity index (χ0v) is 8.84. The van der Waals surface area contributed by atoms with Gasteiger partial charge < -0.3 is 10.2 Å². The number of rotatable bonds is 6. The molecule has 0 aromatic carbocycles. The van der Waals surface area contributed by atoms with E-state index >= 15 is 0 Å². The second-order valence-electron chi connectivity index (χ2n) is 3.18. The minimum Gasteiger partial charge on any atom is -0.342 e. The van der Waals surface area contributed by atoms with Gasteiger partial charge in [-0.1, -0.05) is 13.0 Å². The van der Waals surface area contributed by atoms with Gasteiger partial charge in [-0.2, -0.15) is 0 Å². The van der Waals surface area contributed by atoms with E-state index < -0.39 is 0 Å². The Labute approximate surface area is 80.8 Å². The molecule has 0 saturated carbocycles. The molecule has 1 N–H and O–H groups in total. The lowest BCUT2D eigenvalue weighted by Crippen LogP contribution is -2.40. The van der Waals surface area contributed by atoms with Gasteiger partial charge in [-0.3, -0.25) is 4.79 Å². The van der Waals surface area contributed by atoms with Crippen molar-refractivity contribution in [2.24, 2.45) is 0 Å². The SMILES string of the molecule is C=CCNCC(=O)N(C)C(C)CC. The van der Waals surface area contributed by atoms with Crippen LogP contribution in [0.2, 0.25) is 0 Å². The van der Waals surface area contributed by atoms with E-state index in [1.807, 2.05) is 14.0 Å². The predicted molar refractivity (Wildman–Crippen MR) is 55.6 cm³/mol. The Balaban J connectivity index is 3.75. The topological polar surface area (TPSA) is 32.3 Å². The van der Waals surface area contributed by atoms with Crippen molar-refractivity contribution in [1.29, 1.82) is 0 Å². The Morgan fingerprint density at radius 2 is 2.31 bits per heavy atom. The standard InChI is InChI=1S/C10H20N2O/c1-5-7-11-8-10(13)12(4)9(3)6-2/h5,9,11H,1,6-8H2,2-4H3. The molecule has 3 heteroatoms. The number of carbonyl (C=O) groups is 1. The van der Waals surface area contributed by atoms with Gasteiger partial charge in [-0.15, -0.1) is 6.58 Å². The van der Waals surface area contributed by atoms with E-state index in [1.165, 1.54) is 0 Å². The molecule has 0 aliphatic heterocycles. The van der Waals surface area contributed by atoms with Crippen LogP contribution >= 0.6 is 0 Å². The molecule has 1 atom stereocenters. The van der Waals surface area contributed by atoms with E-state index in [0.29, 0.717) is 19.1 Å². The fraction of sp³-hybridized carbons (Fsp3) is 0.700. The van der Waals surface area contributed by atoms with Crippen LogP contribution < -0.4 is 5.32 Å². The minimum atomic E-state index is 0.135. The van der Waals surface area contributed by atoms with E-state index in [9.17, 15) is 4.79 Å². The van der Waals surface area contributed by atoms with Crippen molar-refractivity contribution >= 4 is 5.91 Å². The largest absolute Gasteiger partial charge is 0.342 e. The maximum atomic E-state index is 11.4. The van der Waals surface area contributed by atoms with E-state index in [4.69, 9.17) is 0 Å². The third kappa shape index (κ3) is 4.68. The van der Waals surface area contributed by atoms with Gasteiger partial charge in [0.15, 0.2) is 0 Å². The third-order valence-corrected chi connectivity index (χ3v) is 2.21. The van der Waals surface area contributed by atoms with E-state index in [2.05, 4.69) is 18.8 Å². The van der Waals surface area contributed by atoms with Gasteiger partial charge in [0.1, 0.15) is 0 Å². The fourth-order valence-electron chi connectivity index (χ4n) is 0.926. The minimum absolute atomic E-state index is 0.135. The maximum Gasteiger partial charge on any atom is 0.236 e. The van der Waals surface area contributed by atoms with Gasteiger partial charge in [0, 0.05) is 19.6 Å². The van der Waals surface area contributed by atoms with Crippen LogP contribution in [0.5, 0.6) is 0 Å². The summed E-state index contributed by atoms with van der Waals surface area (Å²) in [6, 6.07) is 0.318. The molecule has 0 radical (unpaired) electrons. The Hall–Kier alpha value is -0.830. The van der Waals surface area contributed by atoms with Crippen molar-refractivity contribution in [1.82, 2.24) is 10.2 Å². The molecule has 0 bridgehead atoms. The number of likely N-dealkylation sites (N-methyl/N-ethyl adjacent to an activating group) is 1. The molecular weight excluding hydrogens is 164 g/mol. The molecule has 0 saturated heterocycles. The molecular formula is C10H20N2O. The van der Waals surface area contributed by atoms with E-state index in [-0.39, 0.29) is 5.91 Å². The van der Waals surface area contributed by atoms with Gasteiger partial charge >= 0.3 is 0 Å². The summed E-state index contributed by atoms with van der Waals surface area (Å²) in [5.74, 6) is 0.135. The van der Waals surface area contributed by atoms with Gasteiger partial charge in [0.05, 0.1) is 6.54 Å². The van der Waals surface area contributed by atoms with Crippen LogP contribution in [-0.2, 0) is 4.79 Å². The number of hydrogen-bond donors (Lipinski definition) is 1.